The summed E-state index contributed by atoms with van der Waals surface area (Å²) in [6, 6.07) is 66.5. The van der Waals surface area contributed by atoms with Crippen LogP contribution in [0.15, 0.2) is 188 Å². The predicted molar refractivity (Wildman–Crippen MR) is 217 cm³/mol. The van der Waals surface area contributed by atoms with E-state index in [1.807, 2.05) is 60.7 Å². The number of hydrogen-bond donors (Lipinski definition) is 0. The number of hydrogen-bond acceptors (Lipinski definition) is 3. The van der Waals surface area contributed by atoms with E-state index in [0.29, 0.717) is 17.5 Å². The third-order valence-electron chi connectivity index (χ3n) is 10.1. The molecule has 0 saturated heterocycles. The van der Waals surface area contributed by atoms with E-state index < -0.39 is 0 Å². The molecule has 10 aromatic rings. The van der Waals surface area contributed by atoms with Gasteiger partial charge in [-0.15, -0.1) is 0 Å². The van der Waals surface area contributed by atoms with Gasteiger partial charge in [-0.3, -0.25) is 0 Å². The Morgan fingerprint density at radius 1 is 0.250 bits per heavy atom. The van der Waals surface area contributed by atoms with E-state index in [2.05, 4.69) is 127 Å². The normalized spacial score (nSPS) is 11.5. The zero-order chi connectivity index (χ0) is 34.4. The van der Waals surface area contributed by atoms with Crippen molar-refractivity contribution in [2.75, 3.05) is 0 Å². The van der Waals surface area contributed by atoms with Crippen molar-refractivity contribution in [1.29, 1.82) is 0 Å². The Morgan fingerprint density at radius 2 is 0.673 bits per heavy atom. The Kier molecular flexibility index (Phi) is 7.14. The van der Waals surface area contributed by atoms with Crippen LogP contribution in [0.1, 0.15) is 0 Å². The highest BCUT2D eigenvalue weighted by Gasteiger charge is 2.20. The lowest BCUT2D eigenvalue weighted by Gasteiger charge is -2.20. The lowest BCUT2D eigenvalue weighted by molar-refractivity contribution is 1.08. The topological polar surface area (TPSA) is 38.7 Å². The molecular formula is C49H31N3. The Hall–Kier alpha value is -6.97. The number of fused-ring (bicyclic) bond motifs is 4. The van der Waals surface area contributed by atoms with Crippen LogP contribution < -0.4 is 0 Å². The minimum absolute atomic E-state index is 0.650. The zero-order valence-corrected chi connectivity index (χ0v) is 28.2. The molecule has 0 aliphatic rings. The minimum atomic E-state index is 0.650. The van der Waals surface area contributed by atoms with Crippen molar-refractivity contribution < 1.29 is 0 Å². The van der Waals surface area contributed by atoms with E-state index in [1.165, 1.54) is 54.6 Å². The van der Waals surface area contributed by atoms with Gasteiger partial charge in [-0.25, -0.2) is 15.0 Å². The molecule has 0 amide bonds. The molecular weight excluding hydrogens is 631 g/mol. The summed E-state index contributed by atoms with van der Waals surface area (Å²) in [5.41, 5.74) is 7.76. The summed E-state index contributed by atoms with van der Waals surface area (Å²) < 4.78 is 0. The Morgan fingerprint density at radius 3 is 1.25 bits per heavy atom. The molecule has 0 spiro atoms. The first-order valence-corrected chi connectivity index (χ1v) is 17.6. The fourth-order valence-electron chi connectivity index (χ4n) is 7.72. The highest BCUT2D eigenvalue weighted by molar-refractivity contribution is 6.24. The average molecular weight is 662 g/mol. The van der Waals surface area contributed by atoms with Crippen molar-refractivity contribution in [1.82, 2.24) is 15.0 Å². The molecule has 3 nitrogen and oxygen atoms in total. The first kappa shape index (κ1) is 29.9. The molecule has 1 heterocycles. The van der Waals surface area contributed by atoms with Crippen LogP contribution >= 0.6 is 0 Å². The van der Waals surface area contributed by atoms with Crippen molar-refractivity contribution in [3.63, 3.8) is 0 Å². The van der Waals surface area contributed by atoms with Gasteiger partial charge in [-0.05, 0) is 77.5 Å². The summed E-state index contributed by atoms with van der Waals surface area (Å²) >= 11 is 0. The van der Waals surface area contributed by atoms with E-state index in [0.717, 1.165) is 27.5 Å². The molecule has 0 aliphatic heterocycles. The lowest BCUT2D eigenvalue weighted by atomic mass is 9.84. The fourth-order valence-corrected chi connectivity index (χ4v) is 7.72. The lowest BCUT2D eigenvalue weighted by Crippen LogP contribution is -2.00. The van der Waals surface area contributed by atoms with E-state index >= 15 is 0 Å². The highest BCUT2D eigenvalue weighted by atomic mass is 15.0. The molecule has 1 aromatic heterocycles. The molecule has 9 aromatic carbocycles. The number of nitrogens with zero attached hydrogens (tertiary/aromatic N) is 3. The van der Waals surface area contributed by atoms with Crippen molar-refractivity contribution in [3.05, 3.63) is 188 Å². The van der Waals surface area contributed by atoms with Gasteiger partial charge in [0.2, 0.25) is 0 Å². The Bertz CT molecular complexity index is 2840. The van der Waals surface area contributed by atoms with Crippen molar-refractivity contribution >= 4 is 43.1 Å². The van der Waals surface area contributed by atoms with Crippen LogP contribution in [0.25, 0.3) is 99.5 Å². The molecule has 0 N–H and O–H groups in total. The molecule has 0 unspecified atom stereocenters. The summed E-state index contributed by atoms with van der Waals surface area (Å²) in [4.78, 5) is 15.1. The summed E-state index contributed by atoms with van der Waals surface area (Å²) in [5, 5.41) is 9.64. The smallest absolute Gasteiger partial charge is 0.164 e. The van der Waals surface area contributed by atoms with Crippen molar-refractivity contribution in [3.8, 4) is 56.4 Å². The van der Waals surface area contributed by atoms with Gasteiger partial charge in [-0.2, -0.15) is 0 Å². The molecule has 0 saturated carbocycles. The monoisotopic (exact) mass is 661 g/mol. The van der Waals surface area contributed by atoms with Gasteiger partial charge in [-0.1, -0.05) is 176 Å². The van der Waals surface area contributed by atoms with E-state index in [1.54, 1.807) is 0 Å². The maximum absolute atomic E-state index is 5.10. The second-order valence-corrected chi connectivity index (χ2v) is 13.1. The van der Waals surface area contributed by atoms with Gasteiger partial charge < -0.3 is 0 Å². The summed E-state index contributed by atoms with van der Waals surface area (Å²) in [6.07, 6.45) is 0. The van der Waals surface area contributed by atoms with Crippen LogP contribution in [0.4, 0.5) is 0 Å². The second-order valence-electron chi connectivity index (χ2n) is 13.1. The number of rotatable bonds is 5. The second kappa shape index (κ2) is 12.4. The summed E-state index contributed by atoms with van der Waals surface area (Å²) in [5.74, 6) is 1.95. The van der Waals surface area contributed by atoms with Gasteiger partial charge >= 0.3 is 0 Å². The van der Waals surface area contributed by atoms with Crippen molar-refractivity contribution in [2.45, 2.75) is 0 Å². The minimum Gasteiger partial charge on any atom is -0.208 e. The largest absolute Gasteiger partial charge is 0.208 e. The maximum atomic E-state index is 5.10. The molecule has 52 heavy (non-hydrogen) atoms. The molecule has 10 rings (SSSR count). The SMILES string of the molecule is c1ccc(-c2nc(-c3ccccc3)nc(-c3ccc(-c4c5ccccc5c(-c5ccc6ccccc6c5)c5ccccc45)c4ccccc34)n2)cc1. The van der Waals surface area contributed by atoms with Crippen LogP contribution in [-0.2, 0) is 0 Å². The number of aromatic nitrogens is 3. The average Bonchev–Trinajstić information content (AvgIpc) is 3.23. The van der Waals surface area contributed by atoms with Crippen molar-refractivity contribution in [2.24, 2.45) is 0 Å². The molecule has 0 radical (unpaired) electrons. The first-order valence-electron chi connectivity index (χ1n) is 17.6. The zero-order valence-electron chi connectivity index (χ0n) is 28.2. The molecule has 0 aliphatic carbocycles. The van der Waals surface area contributed by atoms with Gasteiger partial charge in [0.1, 0.15) is 0 Å². The molecule has 3 heteroatoms. The third-order valence-corrected chi connectivity index (χ3v) is 10.1. The van der Waals surface area contributed by atoms with Crippen LogP contribution in [0.2, 0.25) is 0 Å². The summed E-state index contributed by atoms with van der Waals surface area (Å²) in [6.45, 7) is 0. The first-order chi connectivity index (χ1) is 25.8. The van der Waals surface area contributed by atoms with Gasteiger partial charge in [0.25, 0.3) is 0 Å². The van der Waals surface area contributed by atoms with Gasteiger partial charge in [0.05, 0.1) is 0 Å². The van der Waals surface area contributed by atoms with E-state index in [-0.39, 0.29) is 0 Å². The standard InChI is InChI=1S/C49H31N3/c1-3-16-33(17-4-1)47-50-48(34-18-5-2-6-19-34)52-49(51-47)44-30-29-43(37-21-9-10-22-38(37)44)46-41-25-13-11-23-39(41)45(40-24-12-14-26-42(40)46)36-28-27-32-15-7-8-20-35(32)31-36/h1-31H. The van der Waals surface area contributed by atoms with Crippen LogP contribution in [0.5, 0.6) is 0 Å². The van der Waals surface area contributed by atoms with E-state index in [4.69, 9.17) is 15.0 Å². The van der Waals surface area contributed by atoms with Crippen LogP contribution in [0.3, 0.4) is 0 Å². The van der Waals surface area contributed by atoms with E-state index in [9.17, 15) is 0 Å². The van der Waals surface area contributed by atoms with Gasteiger partial charge in [0.15, 0.2) is 17.5 Å². The predicted octanol–water partition coefficient (Wildman–Crippen LogP) is 12.8. The van der Waals surface area contributed by atoms with Gasteiger partial charge in [0, 0.05) is 16.7 Å². The van der Waals surface area contributed by atoms with Crippen LogP contribution in [-0.4, -0.2) is 15.0 Å². The number of benzene rings is 9. The molecule has 0 atom stereocenters. The molecule has 0 bridgehead atoms. The molecule has 0 fully saturated rings. The van der Waals surface area contributed by atoms with Crippen LogP contribution in [0, 0.1) is 0 Å². The summed E-state index contributed by atoms with van der Waals surface area (Å²) in [7, 11) is 0. The quantitative estimate of drug-likeness (QED) is 0.172. The fraction of sp³-hybridized carbons (Fsp3) is 0. The maximum Gasteiger partial charge on any atom is 0.164 e. The Labute approximate surface area is 301 Å². The third kappa shape index (κ3) is 5.02. The Balaban J connectivity index is 1.23. The molecule has 242 valence electrons. The highest BCUT2D eigenvalue weighted by Crippen LogP contribution is 2.46.